The van der Waals surface area contributed by atoms with Gasteiger partial charge in [-0.1, -0.05) is 23.2 Å². The van der Waals surface area contributed by atoms with Crippen LogP contribution in [-0.2, 0) is 0 Å². The van der Waals surface area contributed by atoms with Crippen molar-refractivity contribution in [3.05, 3.63) is 56.1 Å². The average Bonchev–Trinajstić information content (AvgIpc) is 2.51. The Labute approximate surface area is 147 Å². The van der Waals surface area contributed by atoms with Gasteiger partial charge in [0, 0.05) is 24.9 Å². The summed E-state index contributed by atoms with van der Waals surface area (Å²) < 4.78 is 5.68. The van der Waals surface area contributed by atoms with Crippen LogP contribution in [0.1, 0.15) is 5.56 Å². The third kappa shape index (κ3) is 4.06. The minimum Gasteiger partial charge on any atom is -0.454 e. The number of halogens is 2. The van der Waals surface area contributed by atoms with E-state index in [0.717, 1.165) is 0 Å². The molecular weight excluding hydrogens is 357 g/mol. The van der Waals surface area contributed by atoms with E-state index in [-0.39, 0.29) is 21.5 Å². The second-order valence-electron chi connectivity index (χ2n) is 4.78. The lowest BCUT2D eigenvalue weighted by Crippen LogP contribution is -2.24. The first-order valence-corrected chi connectivity index (χ1v) is 7.48. The molecule has 7 nitrogen and oxygen atoms in total. The summed E-state index contributed by atoms with van der Waals surface area (Å²) in [5, 5.41) is 16.1. The zero-order valence-corrected chi connectivity index (χ0v) is 14.2. The Morgan fingerprint density at radius 1 is 1.21 bits per heavy atom. The van der Waals surface area contributed by atoms with Crippen molar-refractivity contribution in [1.29, 1.82) is 0 Å². The maximum Gasteiger partial charge on any atom is 0.318 e. The zero-order valence-electron chi connectivity index (χ0n) is 12.7. The number of anilines is 1. The summed E-state index contributed by atoms with van der Waals surface area (Å²) >= 11 is 12.3. The molecule has 0 fully saturated rings. The summed E-state index contributed by atoms with van der Waals surface area (Å²) in [7, 11) is 1.48. The Morgan fingerprint density at radius 3 is 2.33 bits per heavy atom. The molecular formula is C15H13Cl2N3O4. The van der Waals surface area contributed by atoms with Crippen molar-refractivity contribution in [3.8, 4) is 11.5 Å². The molecule has 0 spiro atoms. The molecule has 2 rings (SSSR count). The number of hydrogen-bond donors (Lipinski definition) is 2. The van der Waals surface area contributed by atoms with Crippen LogP contribution in [0.3, 0.4) is 0 Å². The Kier molecular flexibility index (Phi) is 5.48. The molecule has 0 aliphatic heterocycles. The van der Waals surface area contributed by atoms with Crippen molar-refractivity contribution in [1.82, 2.24) is 5.32 Å². The Morgan fingerprint density at radius 2 is 1.83 bits per heavy atom. The molecule has 9 heteroatoms. The van der Waals surface area contributed by atoms with E-state index in [9.17, 15) is 14.9 Å². The van der Waals surface area contributed by atoms with Crippen molar-refractivity contribution < 1.29 is 14.5 Å². The standard InChI is InChI=1S/C15H13Cl2N3O4/c1-8-5-10(20(22)23)3-4-13(8)24-14-11(16)6-9(7-12(14)17)19-15(21)18-2/h3-7H,1-2H3,(H2,18,19,21). The molecule has 2 aromatic carbocycles. The fourth-order valence-corrected chi connectivity index (χ4v) is 2.46. The van der Waals surface area contributed by atoms with Gasteiger partial charge in [-0.15, -0.1) is 0 Å². The number of nitrogens with zero attached hydrogens (tertiary/aromatic N) is 1. The molecule has 0 saturated carbocycles. The molecule has 0 aliphatic carbocycles. The van der Waals surface area contributed by atoms with E-state index in [1.54, 1.807) is 6.92 Å². The number of benzene rings is 2. The number of nitro groups is 1. The summed E-state index contributed by atoms with van der Waals surface area (Å²) in [6.45, 7) is 1.67. The van der Waals surface area contributed by atoms with E-state index in [1.807, 2.05) is 0 Å². The Bertz CT molecular complexity index is 788. The first-order chi connectivity index (χ1) is 11.3. The van der Waals surface area contributed by atoms with Gasteiger partial charge in [0.2, 0.25) is 0 Å². The molecule has 0 atom stereocenters. The van der Waals surface area contributed by atoms with Gasteiger partial charge in [0.15, 0.2) is 5.75 Å². The smallest absolute Gasteiger partial charge is 0.318 e. The molecule has 0 bridgehead atoms. The van der Waals surface area contributed by atoms with Crippen LogP contribution in [0.4, 0.5) is 16.2 Å². The van der Waals surface area contributed by atoms with Gasteiger partial charge in [-0.2, -0.15) is 0 Å². The van der Waals surface area contributed by atoms with Crippen molar-refractivity contribution in [2.75, 3.05) is 12.4 Å². The molecule has 0 radical (unpaired) electrons. The number of carbonyl (C=O) groups excluding carboxylic acids is 1. The van der Waals surface area contributed by atoms with Crippen LogP contribution in [0.15, 0.2) is 30.3 Å². The topological polar surface area (TPSA) is 93.5 Å². The predicted molar refractivity (Wildman–Crippen MR) is 92.4 cm³/mol. The van der Waals surface area contributed by atoms with E-state index in [1.165, 1.54) is 37.4 Å². The van der Waals surface area contributed by atoms with E-state index >= 15 is 0 Å². The second-order valence-corrected chi connectivity index (χ2v) is 5.60. The molecule has 0 saturated heterocycles. The molecule has 2 amide bonds. The largest absolute Gasteiger partial charge is 0.454 e. The Hall–Kier alpha value is -2.51. The Balaban J connectivity index is 2.30. The van der Waals surface area contributed by atoms with Gasteiger partial charge >= 0.3 is 6.03 Å². The number of amides is 2. The highest BCUT2D eigenvalue weighted by Crippen LogP contribution is 2.40. The van der Waals surface area contributed by atoms with Crippen LogP contribution in [0.5, 0.6) is 11.5 Å². The highest BCUT2D eigenvalue weighted by atomic mass is 35.5. The van der Waals surface area contributed by atoms with Crippen LogP contribution in [0.2, 0.25) is 10.0 Å². The number of rotatable bonds is 4. The van der Waals surface area contributed by atoms with Gasteiger partial charge in [0.25, 0.3) is 5.69 Å². The molecule has 24 heavy (non-hydrogen) atoms. The summed E-state index contributed by atoms with van der Waals surface area (Å²) in [5.41, 5.74) is 0.920. The van der Waals surface area contributed by atoms with Crippen molar-refractivity contribution in [2.24, 2.45) is 0 Å². The number of non-ortho nitro benzene ring substituents is 1. The van der Waals surface area contributed by atoms with E-state index in [4.69, 9.17) is 27.9 Å². The molecule has 2 N–H and O–H groups in total. The number of ether oxygens (including phenoxy) is 1. The predicted octanol–water partition coefficient (Wildman–Crippen LogP) is 4.75. The van der Waals surface area contributed by atoms with Gasteiger partial charge < -0.3 is 15.4 Å². The number of aryl methyl sites for hydroxylation is 1. The van der Waals surface area contributed by atoms with Gasteiger partial charge in [0.1, 0.15) is 5.75 Å². The quantitative estimate of drug-likeness (QED) is 0.600. The van der Waals surface area contributed by atoms with Gasteiger partial charge in [-0.3, -0.25) is 10.1 Å². The number of nitro benzene ring substituents is 1. The van der Waals surface area contributed by atoms with Crippen LogP contribution in [0.25, 0.3) is 0 Å². The first-order valence-electron chi connectivity index (χ1n) is 6.72. The fraction of sp³-hybridized carbons (Fsp3) is 0.133. The highest BCUT2D eigenvalue weighted by molar-refractivity contribution is 6.37. The summed E-state index contributed by atoms with van der Waals surface area (Å²) in [6, 6.07) is 6.74. The van der Waals surface area contributed by atoms with E-state index < -0.39 is 11.0 Å². The number of carbonyl (C=O) groups is 1. The number of urea groups is 1. The molecule has 0 aliphatic rings. The molecule has 0 unspecified atom stereocenters. The zero-order chi connectivity index (χ0) is 17.9. The molecule has 126 valence electrons. The lowest BCUT2D eigenvalue weighted by Gasteiger charge is -2.13. The van der Waals surface area contributed by atoms with E-state index in [0.29, 0.717) is 17.0 Å². The summed E-state index contributed by atoms with van der Waals surface area (Å²) in [5.74, 6) is 0.578. The third-order valence-electron chi connectivity index (χ3n) is 3.06. The van der Waals surface area contributed by atoms with Crippen molar-refractivity contribution in [2.45, 2.75) is 6.92 Å². The van der Waals surface area contributed by atoms with Crippen molar-refractivity contribution >= 4 is 40.6 Å². The average molecular weight is 370 g/mol. The summed E-state index contributed by atoms with van der Waals surface area (Å²) in [6.07, 6.45) is 0. The highest BCUT2D eigenvalue weighted by Gasteiger charge is 2.15. The second kappa shape index (κ2) is 7.37. The molecule has 0 heterocycles. The maximum atomic E-state index is 11.3. The van der Waals surface area contributed by atoms with Gasteiger partial charge in [-0.25, -0.2) is 4.79 Å². The lowest BCUT2D eigenvalue weighted by atomic mass is 10.2. The normalized spacial score (nSPS) is 10.2. The number of nitrogens with one attached hydrogen (secondary N) is 2. The van der Waals surface area contributed by atoms with Crippen LogP contribution < -0.4 is 15.4 Å². The first kappa shape index (κ1) is 17.8. The monoisotopic (exact) mass is 369 g/mol. The lowest BCUT2D eigenvalue weighted by molar-refractivity contribution is -0.384. The van der Waals surface area contributed by atoms with Crippen LogP contribution in [0, 0.1) is 17.0 Å². The number of hydrogen-bond acceptors (Lipinski definition) is 4. The maximum absolute atomic E-state index is 11.3. The minimum atomic E-state index is -0.490. The van der Waals surface area contributed by atoms with Crippen LogP contribution in [-0.4, -0.2) is 18.0 Å². The third-order valence-corrected chi connectivity index (χ3v) is 3.63. The van der Waals surface area contributed by atoms with Crippen molar-refractivity contribution in [3.63, 3.8) is 0 Å². The fourth-order valence-electron chi connectivity index (χ4n) is 1.89. The summed E-state index contributed by atoms with van der Waals surface area (Å²) in [4.78, 5) is 21.6. The minimum absolute atomic E-state index is 0.0397. The van der Waals surface area contributed by atoms with Gasteiger partial charge in [-0.05, 0) is 30.7 Å². The SMILES string of the molecule is CNC(=O)Nc1cc(Cl)c(Oc2ccc([N+](=O)[O-])cc2C)c(Cl)c1. The molecule has 2 aromatic rings. The van der Waals surface area contributed by atoms with Crippen LogP contribution >= 0.6 is 23.2 Å². The van der Waals surface area contributed by atoms with Gasteiger partial charge in [0.05, 0.1) is 15.0 Å². The van der Waals surface area contributed by atoms with E-state index in [2.05, 4.69) is 10.6 Å². The molecule has 0 aromatic heterocycles.